The molecule has 0 fully saturated rings. The van der Waals surface area contributed by atoms with Crippen molar-refractivity contribution in [3.05, 3.63) is 46.6 Å². The Hall–Kier alpha value is -3.96. The number of hydrogen-bond acceptors (Lipinski definition) is 10. The average Bonchev–Trinajstić information content (AvgIpc) is 3.32. The van der Waals surface area contributed by atoms with Gasteiger partial charge in [0.15, 0.2) is 0 Å². The number of rotatable bonds is 6. The Morgan fingerprint density at radius 1 is 0.742 bits per heavy atom. The van der Waals surface area contributed by atoms with E-state index in [-0.39, 0.29) is 24.9 Å². The lowest BCUT2D eigenvalue weighted by Crippen LogP contribution is -2.13. The van der Waals surface area contributed by atoms with E-state index >= 15 is 0 Å². The summed E-state index contributed by atoms with van der Waals surface area (Å²) in [4.78, 5) is 41.0. The van der Waals surface area contributed by atoms with Gasteiger partial charge in [0.1, 0.15) is 0 Å². The number of fused-ring (bicyclic) bond motifs is 2. The smallest absolute Gasteiger partial charge is 0.378 e. The number of aromatic nitrogens is 8. The monoisotopic (exact) mass is 424 g/mol. The third-order valence-electron chi connectivity index (χ3n) is 4.36. The molecule has 0 N–H and O–H groups in total. The van der Waals surface area contributed by atoms with Crippen LogP contribution in [0, 0.1) is 27.7 Å². The molecule has 31 heavy (non-hydrogen) atoms. The summed E-state index contributed by atoms with van der Waals surface area (Å²) in [7, 11) is 0. The van der Waals surface area contributed by atoms with E-state index in [2.05, 4.69) is 30.1 Å². The zero-order valence-corrected chi connectivity index (χ0v) is 17.5. The van der Waals surface area contributed by atoms with Crippen molar-refractivity contribution in [2.75, 3.05) is 13.2 Å². The zero-order valence-electron chi connectivity index (χ0n) is 17.5. The number of hydrogen-bond donors (Lipinski definition) is 0. The van der Waals surface area contributed by atoms with E-state index < -0.39 is 11.9 Å². The van der Waals surface area contributed by atoms with Crippen LogP contribution >= 0.6 is 0 Å². The minimum atomic E-state index is -0.673. The molecule has 4 rings (SSSR count). The largest absolute Gasteiger partial charge is 0.460 e. The van der Waals surface area contributed by atoms with Gasteiger partial charge in [0.05, 0.1) is 13.2 Å². The minimum absolute atomic E-state index is 0.0333. The van der Waals surface area contributed by atoms with Gasteiger partial charge < -0.3 is 9.47 Å². The van der Waals surface area contributed by atoms with Gasteiger partial charge in [-0.3, -0.25) is 0 Å². The van der Waals surface area contributed by atoms with E-state index in [1.54, 1.807) is 0 Å². The van der Waals surface area contributed by atoms with Crippen LogP contribution in [0.3, 0.4) is 0 Å². The highest BCUT2D eigenvalue weighted by Crippen LogP contribution is 2.08. The Labute approximate surface area is 176 Å². The molecule has 0 bridgehead atoms. The maximum Gasteiger partial charge on any atom is 0.378 e. The number of esters is 2. The molecule has 0 aliphatic carbocycles. The van der Waals surface area contributed by atoms with Crippen molar-refractivity contribution >= 4 is 23.5 Å². The summed E-state index contributed by atoms with van der Waals surface area (Å²) < 4.78 is 13.3. The number of nitrogens with zero attached hydrogens (tertiary/aromatic N) is 8. The number of carbonyl (C=O) groups is 2. The van der Waals surface area contributed by atoms with Gasteiger partial charge in [0.25, 0.3) is 23.2 Å². The fourth-order valence-corrected chi connectivity index (χ4v) is 3.02. The Bertz CT molecular complexity index is 1210. The molecule has 4 heterocycles. The Morgan fingerprint density at radius 2 is 1.16 bits per heavy atom. The van der Waals surface area contributed by atoms with Crippen LogP contribution in [0.15, 0.2) is 12.1 Å². The first-order valence-electron chi connectivity index (χ1n) is 9.58. The molecule has 0 unspecified atom stereocenters. The maximum atomic E-state index is 12.2. The predicted molar refractivity (Wildman–Crippen MR) is 106 cm³/mol. The van der Waals surface area contributed by atoms with Gasteiger partial charge in [0.2, 0.25) is 0 Å². The second kappa shape index (κ2) is 8.05. The van der Waals surface area contributed by atoms with Crippen molar-refractivity contribution in [2.45, 2.75) is 34.1 Å². The molecule has 12 heteroatoms. The van der Waals surface area contributed by atoms with E-state index in [9.17, 15) is 9.59 Å². The summed E-state index contributed by atoms with van der Waals surface area (Å²) in [6, 6.07) is 3.67. The van der Waals surface area contributed by atoms with Crippen molar-refractivity contribution in [3.63, 3.8) is 0 Å². The van der Waals surface area contributed by atoms with Crippen molar-refractivity contribution in [1.82, 2.24) is 39.2 Å². The zero-order chi connectivity index (χ0) is 22.1. The fourth-order valence-electron chi connectivity index (χ4n) is 3.02. The van der Waals surface area contributed by atoms with E-state index in [1.165, 1.54) is 9.03 Å². The number of carbonyl (C=O) groups excluding carboxylic acids is 2. The standard InChI is InChI=1S/C19H20N8O4/c1-10-8-12(3)26-18(20-10)22-14(24-26)16(28)30-6-5-7-31-17(29)15-23-19-21-11(2)9-13(4)27(19)25-15/h8-9H,5-7H2,1-4H3. The molecule has 0 aliphatic rings. The lowest BCUT2D eigenvalue weighted by Gasteiger charge is -2.03. The van der Waals surface area contributed by atoms with Crippen molar-refractivity contribution < 1.29 is 19.1 Å². The quantitative estimate of drug-likeness (QED) is 0.328. The molecule has 0 saturated heterocycles. The molecule has 0 radical (unpaired) electrons. The molecule has 4 aromatic heterocycles. The molecule has 4 aromatic rings. The minimum Gasteiger partial charge on any atom is -0.460 e. The predicted octanol–water partition coefficient (Wildman–Crippen LogP) is 1.20. The van der Waals surface area contributed by atoms with Crippen LogP contribution in [0.1, 0.15) is 50.4 Å². The lowest BCUT2D eigenvalue weighted by molar-refractivity contribution is 0.0381. The maximum absolute atomic E-state index is 12.2. The molecule has 0 spiro atoms. The summed E-state index contributed by atoms with van der Waals surface area (Å²) in [6.07, 6.45) is 0.297. The van der Waals surface area contributed by atoms with Crippen LogP contribution < -0.4 is 0 Å². The van der Waals surface area contributed by atoms with Crippen LogP contribution in [-0.4, -0.2) is 64.3 Å². The molecule has 0 aromatic carbocycles. The summed E-state index contributed by atoms with van der Waals surface area (Å²) >= 11 is 0. The molecule has 0 aliphatic heterocycles. The van der Waals surface area contributed by atoms with Crippen LogP contribution in [0.5, 0.6) is 0 Å². The number of ether oxygens (including phenoxy) is 2. The van der Waals surface area contributed by atoms with Crippen molar-refractivity contribution in [3.8, 4) is 0 Å². The average molecular weight is 424 g/mol. The molecule has 0 atom stereocenters. The van der Waals surface area contributed by atoms with E-state index in [0.717, 1.165) is 22.8 Å². The van der Waals surface area contributed by atoms with E-state index in [1.807, 2.05) is 39.8 Å². The first-order valence-corrected chi connectivity index (χ1v) is 9.58. The molecule has 0 saturated carbocycles. The van der Waals surface area contributed by atoms with E-state index in [0.29, 0.717) is 18.0 Å². The SMILES string of the molecule is Cc1cc(C)n2nc(C(=O)OCCCOC(=O)c3nc4nc(C)cc(C)n4n3)nc2n1. The summed E-state index contributed by atoms with van der Waals surface area (Å²) in [5.74, 6) is -0.840. The van der Waals surface area contributed by atoms with Crippen molar-refractivity contribution in [2.24, 2.45) is 0 Å². The van der Waals surface area contributed by atoms with Gasteiger partial charge in [-0.15, -0.1) is 10.2 Å². The van der Waals surface area contributed by atoms with Gasteiger partial charge in [-0.25, -0.2) is 28.6 Å². The van der Waals surface area contributed by atoms with Gasteiger partial charge in [-0.2, -0.15) is 9.97 Å². The van der Waals surface area contributed by atoms with Crippen LogP contribution in [0.4, 0.5) is 0 Å². The Balaban J connectivity index is 1.28. The van der Waals surface area contributed by atoms with E-state index in [4.69, 9.17) is 9.47 Å². The highest BCUT2D eigenvalue weighted by Gasteiger charge is 2.18. The molecule has 12 nitrogen and oxygen atoms in total. The highest BCUT2D eigenvalue weighted by atomic mass is 16.5. The van der Waals surface area contributed by atoms with Gasteiger partial charge in [0, 0.05) is 29.2 Å². The topological polar surface area (TPSA) is 139 Å². The molecular weight excluding hydrogens is 404 g/mol. The van der Waals surface area contributed by atoms with Crippen molar-refractivity contribution in [1.29, 1.82) is 0 Å². The first kappa shape index (κ1) is 20.3. The summed E-state index contributed by atoms with van der Waals surface area (Å²) in [6.45, 7) is 7.42. The van der Waals surface area contributed by atoms with Crippen LogP contribution in [0.25, 0.3) is 11.6 Å². The normalized spacial score (nSPS) is 11.2. The van der Waals surface area contributed by atoms with Crippen LogP contribution in [0.2, 0.25) is 0 Å². The summed E-state index contributed by atoms with van der Waals surface area (Å²) in [5.41, 5.74) is 3.17. The second-order valence-corrected chi connectivity index (χ2v) is 7.00. The summed E-state index contributed by atoms with van der Waals surface area (Å²) in [5, 5.41) is 8.22. The number of aryl methyl sites for hydroxylation is 4. The first-order chi connectivity index (χ1) is 14.8. The fraction of sp³-hybridized carbons (Fsp3) is 0.368. The Morgan fingerprint density at radius 3 is 1.58 bits per heavy atom. The molecular formula is C19H20N8O4. The molecule has 0 amide bonds. The van der Waals surface area contributed by atoms with Gasteiger partial charge in [-0.1, -0.05) is 0 Å². The van der Waals surface area contributed by atoms with Crippen LogP contribution in [-0.2, 0) is 9.47 Å². The van der Waals surface area contributed by atoms with Gasteiger partial charge >= 0.3 is 11.9 Å². The van der Waals surface area contributed by atoms with Gasteiger partial charge in [-0.05, 0) is 39.8 Å². The molecule has 160 valence electrons. The third kappa shape index (κ3) is 4.17. The Kier molecular flexibility index (Phi) is 5.28. The second-order valence-electron chi connectivity index (χ2n) is 7.00. The highest BCUT2D eigenvalue weighted by molar-refractivity contribution is 5.86. The third-order valence-corrected chi connectivity index (χ3v) is 4.36. The lowest BCUT2D eigenvalue weighted by atomic mass is 10.4.